The fourth-order valence-corrected chi connectivity index (χ4v) is 4.57. The van der Waals surface area contributed by atoms with E-state index in [9.17, 15) is 22.8 Å². The zero-order valence-corrected chi connectivity index (χ0v) is 20.4. The number of anilines is 2. The van der Waals surface area contributed by atoms with Crippen molar-refractivity contribution in [3.63, 3.8) is 0 Å². The van der Waals surface area contributed by atoms with E-state index in [4.69, 9.17) is 4.74 Å². The van der Waals surface area contributed by atoms with Gasteiger partial charge in [-0.1, -0.05) is 23.8 Å². The van der Waals surface area contributed by atoms with E-state index < -0.39 is 27.9 Å². The van der Waals surface area contributed by atoms with Crippen LogP contribution in [0.25, 0.3) is 0 Å². The molecule has 3 rings (SSSR count). The molecule has 0 unspecified atom stereocenters. The van der Waals surface area contributed by atoms with Crippen molar-refractivity contribution in [2.45, 2.75) is 18.7 Å². The number of amides is 1. The first-order valence-corrected chi connectivity index (χ1v) is 11.9. The van der Waals surface area contributed by atoms with E-state index in [0.29, 0.717) is 11.3 Å². The van der Waals surface area contributed by atoms with Crippen molar-refractivity contribution < 1.29 is 32.3 Å². The lowest BCUT2D eigenvalue weighted by Gasteiger charge is -2.14. The van der Waals surface area contributed by atoms with Gasteiger partial charge in [0.1, 0.15) is 0 Å². The highest BCUT2D eigenvalue weighted by atomic mass is 32.2. The lowest BCUT2D eigenvalue weighted by Crippen LogP contribution is -2.18. The number of benzene rings is 3. The largest absolute Gasteiger partial charge is 0.465 e. The number of ether oxygens (including phenoxy) is 2. The molecule has 2 N–H and O–H groups in total. The Labute approximate surface area is 203 Å². The molecule has 10 heteroatoms. The van der Waals surface area contributed by atoms with Crippen molar-refractivity contribution in [3.05, 3.63) is 88.5 Å². The number of rotatable bonds is 7. The molecule has 0 spiro atoms. The van der Waals surface area contributed by atoms with Gasteiger partial charge in [-0.3, -0.25) is 9.52 Å². The monoisotopic (exact) mass is 496 g/mol. The average Bonchev–Trinajstić information content (AvgIpc) is 2.84. The van der Waals surface area contributed by atoms with Crippen molar-refractivity contribution >= 4 is 39.2 Å². The second kappa shape index (κ2) is 10.4. The molecular weight excluding hydrogens is 472 g/mol. The van der Waals surface area contributed by atoms with Gasteiger partial charge in [0.2, 0.25) is 0 Å². The van der Waals surface area contributed by atoms with E-state index in [1.165, 1.54) is 50.6 Å². The zero-order chi connectivity index (χ0) is 25.8. The van der Waals surface area contributed by atoms with Gasteiger partial charge in [0.15, 0.2) is 0 Å². The fraction of sp³-hybridized carbons (Fsp3) is 0.160. The molecule has 0 bridgehead atoms. The Morgan fingerprint density at radius 2 is 1.40 bits per heavy atom. The van der Waals surface area contributed by atoms with Crippen LogP contribution in [0.2, 0.25) is 0 Å². The number of aryl methyl sites for hydroxylation is 2. The molecule has 1 amide bonds. The Morgan fingerprint density at radius 1 is 0.771 bits per heavy atom. The third kappa shape index (κ3) is 5.85. The molecular formula is C25H24N2O7S. The van der Waals surface area contributed by atoms with E-state index in [2.05, 4.69) is 14.8 Å². The fourth-order valence-electron chi connectivity index (χ4n) is 3.24. The molecule has 0 radical (unpaired) electrons. The molecule has 182 valence electrons. The first kappa shape index (κ1) is 25.4. The van der Waals surface area contributed by atoms with Crippen LogP contribution in [0, 0.1) is 13.8 Å². The maximum absolute atomic E-state index is 13.0. The molecule has 0 aliphatic heterocycles. The summed E-state index contributed by atoms with van der Waals surface area (Å²) in [7, 11) is -1.61. The molecule has 0 aromatic heterocycles. The van der Waals surface area contributed by atoms with E-state index in [1.54, 1.807) is 31.2 Å². The summed E-state index contributed by atoms with van der Waals surface area (Å²) in [6, 6.07) is 15.0. The minimum Gasteiger partial charge on any atom is -0.465 e. The van der Waals surface area contributed by atoms with E-state index in [0.717, 1.165) is 5.56 Å². The number of hydrogen-bond donors (Lipinski definition) is 2. The Morgan fingerprint density at radius 3 is 2.03 bits per heavy atom. The van der Waals surface area contributed by atoms with Crippen LogP contribution >= 0.6 is 0 Å². The predicted molar refractivity (Wildman–Crippen MR) is 130 cm³/mol. The maximum atomic E-state index is 13.0. The van der Waals surface area contributed by atoms with Crippen LogP contribution in [0.15, 0.2) is 65.6 Å². The molecule has 0 saturated heterocycles. The highest BCUT2D eigenvalue weighted by Crippen LogP contribution is 2.24. The van der Waals surface area contributed by atoms with Crippen molar-refractivity contribution in [1.82, 2.24) is 0 Å². The molecule has 0 saturated carbocycles. The predicted octanol–water partition coefficient (Wildman–Crippen LogP) is 3.93. The number of esters is 2. The van der Waals surface area contributed by atoms with Gasteiger partial charge in [-0.15, -0.1) is 0 Å². The molecule has 0 heterocycles. The second-order valence-corrected chi connectivity index (χ2v) is 9.30. The van der Waals surface area contributed by atoms with Gasteiger partial charge in [0.05, 0.1) is 35.9 Å². The summed E-state index contributed by atoms with van der Waals surface area (Å²) < 4.78 is 38.0. The first-order chi connectivity index (χ1) is 16.6. The zero-order valence-electron chi connectivity index (χ0n) is 19.5. The highest BCUT2D eigenvalue weighted by Gasteiger charge is 2.22. The molecule has 3 aromatic carbocycles. The minimum absolute atomic E-state index is 0.00696. The van der Waals surface area contributed by atoms with Crippen LogP contribution in [0.3, 0.4) is 0 Å². The molecule has 0 aliphatic rings. The van der Waals surface area contributed by atoms with Crippen LogP contribution < -0.4 is 10.0 Å². The van der Waals surface area contributed by atoms with Gasteiger partial charge < -0.3 is 14.8 Å². The summed E-state index contributed by atoms with van der Waals surface area (Å²) >= 11 is 0. The molecule has 35 heavy (non-hydrogen) atoms. The van der Waals surface area contributed by atoms with Crippen molar-refractivity contribution in [2.75, 3.05) is 24.3 Å². The Hall–Kier alpha value is -4.18. The number of methoxy groups -OCH3 is 2. The molecule has 9 nitrogen and oxygen atoms in total. The molecule has 3 aromatic rings. The van der Waals surface area contributed by atoms with E-state index in [1.807, 2.05) is 6.92 Å². The molecule has 0 atom stereocenters. The smallest absolute Gasteiger partial charge is 0.339 e. The van der Waals surface area contributed by atoms with E-state index >= 15 is 0 Å². The van der Waals surface area contributed by atoms with Gasteiger partial charge >= 0.3 is 11.9 Å². The Bertz CT molecular complexity index is 1400. The summed E-state index contributed by atoms with van der Waals surface area (Å²) in [6.07, 6.45) is 0. The summed E-state index contributed by atoms with van der Waals surface area (Å²) in [5, 5.41) is 2.55. The molecule has 0 aliphatic carbocycles. The van der Waals surface area contributed by atoms with Gasteiger partial charge in [0, 0.05) is 11.3 Å². The lowest BCUT2D eigenvalue weighted by atomic mass is 10.1. The second-order valence-electron chi connectivity index (χ2n) is 7.65. The van der Waals surface area contributed by atoms with Gasteiger partial charge in [0.25, 0.3) is 15.9 Å². The van der Waals surface area contributed by atoms with Crippen LogP contribution in [0.5, 0.6) is 0 Å². The summed E-state index contributed by atoms with van der Waals surface area (Å²) in [5.74, 6) is -2.09. The standard InChI is InChI=1S/C25H24N2O7S/c1-15-5-10-19(11-6-15)27-35(31,32)22-14-17(8-7-16(22)2)23(28)26-21-13-18(24(29)33-3)9-12-20(21)25(30)34-4/h5-14,27H,1-4H3,(H,26,28). The first-order valence-electron chi connectivity index (χ1n) is 10.4. The van der Waals surface area contributed by atoms with E-state index in [-0.39, 0.29) is 27.3 Å². The third-order valence-electron chi connectivity index (χ3n) is 5.14. The Kier molecular flexibility index (Phi) is 7.55. The highest BCUT2D eigenvalue weighted by molar-refractivity contribution is 7.92. The van der Waals surface area contributed by atoms with Crippen LogP contribution in [0.1, 0.15) is 42.2 Å². The number of hydrogen-bond acceptors (Lipinski definition) is 7. The summed E-state index contributed by atoms with van der Waals surface area (Å²) in [6.45, 7) is 3.50. The molecule has 0 fully saturated rings. The van der Waals surface area contributed by atoms with Crippen molar-refractivity contribution in [1.29, 1.82) is 0 Å². The normalized spacial score (nSPS) is 10.9. The van der Waals surface area contributed by atoms with Crippen LogP contribution in [-0.2, 0) is 19.5 Å². The third-order valence-corrected chi connectivity index (χ3v) is 6.66. The Balaban J connectivity index is 1.95. The van der Waals surface area contributed by atoms with Crippen molar-refractivity contribution in [3.8, 4) is 0 Å². The number of sulfonamides is 1. The topological polar surface area (TPSA) is 128 Å². The summed E-state index contributed by atoms with van der Waals surface area (Å²) in [4.78, 5) is 37.0. The number of nitrogens with one attached hydrogen (secondary N) is 2. The van der Waals surface area contributed by atoms with Crippen LogP contribution in [0.4, 0.5) is 11.4 Å². The van der Waals surface area contributed by atoms with Gasteiger partial charge in [-0.2, -0.15) is 0 Å². The summed E-state index contributed by atoms with van der Waals surface area (Å²) in [5.41, 5.74) is 1.94. The average molecular weight is 497 g/mol. The maximum Gasteiger partial charge on any atom is 0.339 e. The van der Waals surface area contributed by atoms with Crippen molar-refractivity contribution in [2.24, 2.45) is 0 Å². The van der Waals surface area contributed by atoms with Gasteiger partial charge in [-0.25, -0.2) is 18.0 Å². The SMILES string of the molecule is COC(=O)c1ccc(C(=O)OC)c(NC(=O)c2ccc(C)c(S(=O)(=O)Nc3ccc(C)cc3)c2)c1. The number of carbonyl (C=O) groups excluding carboxylic acids is 3. The lowest BCUT2D eigenvalue weighted by molar-refractivity contribution is 0.0587. The van der Waals surface area contributed by atoms with Gasteiger partial charge in [-0.05, 0) is 61.9 Å². The number of carbonyl (C=O) groups is 3. The quantitative estimate of drug-likeness (QED) is 0.474. The van der Waals surface area contributed by atoms with Crippen LogP contribution in [-0.4, -0.2) is 40.5 Å². The minimum atomic E-state index is -4.00.